The largest absolute Gasteiger partial charge is 0.339 e. The first-order valence-electron chi connectivity index (χ1n) is 8.47. The third-order valence-electron chi connectivity index (χ3n) is 4.54. The Balaban J connectivity index is 1.77. The van der Waals surface area contributed by atoms with Gasteiger partial charge in [-0.1, -0.05) is 30.3 Å². The average Bonchev–Trinajstić information content (AvgIpc) is 3.29. The summed E-state index contributed by atoms with van der Waals surface area (Å²) in [5, 5.41) is 3.96. The van der Waals surface area contributed by atoms with Gasteiger partial charge in [0.2, 0.25) is 11.7 Å². The average molecular weight is 390 g/mol. The fourth-order valence-corrected chi connectivity index (χ4v) is 6.52. The van der Waals surface area contributed by atoms with E-state index in [1.807, 2.05) is 45.0 Å². The summed E-state index contributed by atoms with van der Waals surface area (Å²) >= 11 is 1.37. The molecule has 1 aliphatic rings. The lowest BCUT2D eigenvalue weighted by Gasteiger charge is -2.24. The number of fused-ring (bicyclic) bond motifs is 1. The molecule has 6 nitrogen and oxygen atoms in total. The normalized spacial score (nSPS) is 16.9. The number of rotatable bonds is 4. The first kappa shape index (κ1) is 17.2. The summed E-state index contributed by atoms with van der Waals surface area (Å²) in [7, 11) is -3.66. The van der Waals surface area contributed by atoms with Crippen molar-refractivity contribution < 1.29 is 12.9 Å². The van der Waals surface area contributed by atoms with Crippen LogP contribution in [-0.4, -0.2) is 24.6 Å². The molecule has 0 radical (unpaired) electrons. The second kappa shape index (κ2) is 6.21. The van der Waals surface area contributed by atoms with E-state index in [4.69, 9.17) is 4.52 Å². The van der Waals surface area contributed by atoms with Gasteiger partial charge in [0, 0.05) is 17.3 Å². The third-order valence-corrected chi connectivity index (χ3v) is 7.77. The molecule has 26 heavy (non-hydrogen) atoms. The number of hydrogen-bond donors (Lipinski definition) is 0. The van der Waals surface area contributed by atoms with Crippen LogP contribution in [0.15, 0.2) is 39.8 Å². The van der Waals surface area contributed by atoms with E-state index in [1.54, 1.807) is 6.07 Å². The maximum Gasteiger partial charge on any atom is 0.265 e. The molecule has 0 fully saturated rings. The van der Waals surface area contributed by atoms with Crippen molar-refractivity contribution in [3.8, 4) is 10.7 Å². The molecule has 0 bridgehead atoms. The van der Waals surface area contributed by atoms with Gasteiger partial charge in [0.1, 0.15) is 4.90 Å². The topological polar surface area (TPSA) is 76.3 Å². The van der Waals surface area contributed by atoms with Crippen LogP contribution in [0.25, 0.3) is 10.7 Å². The fourth-order valence-electron chi connectivity index (χ4n) is 3.34. The zero-order valence-electron chi connectivity index (χ0n) is 14.8. The highest BCUT2D eigenvalue weighted by Crippen LogP contribution is 2.40. The van der Waals surface area contributed by atoms with Gasteiger partial charge in [-0.15, -0.1) is 11.3 Å². The Morgan fingerprint density at radius 3 is 2.85 bits per heavy atom. The van der Waals surface area contributed by atoms with E-state index in [0.717, 1.165) is 22.5 Å². The second-order valence-corrected chi connectivity index (χ2v) is 9.42. The predicted molar refractivity (Wildman–Crippen MR) is 101 cm³/mol. The number of aromatic nitrogens is 2. The number of sulfonamides is 1. The molecule has 3 aromatic rings. The molecule has 0 amide bonds. The SMILES string of the molecule is CCc1nc(-c2cc(S(=O)(=O)N3c4ccccc4CC3C)c(C)s2)no1. The molecule has 0 saturated carbocycles. The van der Waals surface area contributed by atoms with Gasteiger partial charge in [0.15, 0.2) is 0 Å². The Labute approximate surface area is 156 Å². The van der Waals surface area contributed by atoms with Crippen molar-refractivity contribution in [3.05, 3.63) is 46.7 Å². The van der Waals surface area contributed by atoms with E-state index < -0.39 is 10.0 Å². The van der Waals surface area contributed by atoms with Crippen molar-refractivity contribution in [1.29, 1.82) is 0 Å². The van der Waals surface area contributed by atoms with Crippen LogP contribution < -0.4 is 4.31 Å². The van der Waals surface area contributed by atoms with Gasteiger partial charge < -0.3 is 4.52 Å². The second-order valence-electron chi connectivity index (χ2n) is 6.38. The lowest BCUT2D eigenvalue weighted by Crippen LogP contribution is -2.35. The molecular weight excluding hydrogens is 370 g/mol. The molecule has 1 aromatic carbocycles. The zero-order chi connectivity index (χ0) is 18.5. The van der Waals surface area contributed by atoms with Gasteiger partial charge in [-0.3, -0.25) is 4.31 Å². The lowest BCUT2D eigenvalue weighted by molar-refractivity contribution is 0.383. The molecule has 0 N–H and O–H groups in total. The molecular formula is C18H19N3O3S2. The van der Waals surface area contributed by atoms with Crippen LogP contribution in [0, 0.1) is 6.92 Å². The van der Waals surface area contributed by atoms with Crippen molar-refractivity contribution in [2.45, 2.75) is 44.6 Å². The van der Waals surface area contributed by atoms with Crippen LogP contribution in [0.5, 0.6) is 0 Å². The highest BCUT2D eigenvalue weighted by Gasteiger charge is 2.37. The highest BCUT2D eigenvalue weighted by atomic mass is 32.2. The molecule has 0 saturated heterocycles. The van der Waals surface area contributed by atoms with Gasteiger partial charge in [0.05, 0.1) is 10.6 Å². The summed E-state index contributed by atoms with van der Waals surface area (Å²) < 4.78 is 33.5. The zero-order valence-corrected chi connectivity index (χ0v) is 16.4. The van der Waals surface area contributed by atoms with E-state index in [0.29, 0.717) is 27.9 Å². The standard InChI is InChI=1S/C18H19N3O3S2/c1-4-17-19-18(20-24-17)15-10-16(12(3)25-15)26(22,23)21-11(2)9-13-7-5-6-8-14(13)21/h5-8,10-11H,4,9H2,1-3H3. The number of thiophene rings is 1. The van der Waals surface area contributed by atoms with Crippen LogP contribution in [0.1, 0.15) is 30.2 Å². The Kier molecular flexibility index (Phi) is 4.11. The monoisotopic (exact) mass is 389 g/mol. The maximum absolute atomic E-state index is 13.4. The first-order chi connectivity index (χ1) is 12.4. The van der Waals surface area contributed by atoms with E-state index >= 15 is 0 Å². The summed E-state index contributed by atoms with van der Waals surface area (Å²) in [6.07, 6.45) is 1.36. The Morgan fingerprint density at radius 1 is 1.35 bits per heavy atom. The lowest BCUT2D eigenvalue weighted by atomic mass is 10.1. The molecule has 4 rings (SSSR count). The molecule has 136 valence electrons. The quantitative estimate of drug-likeness (QED) is 0.678. The van der Waals surface area contributed by atoms with Crippen molar-refractivity contribution >= 4 is 27.0 Å². The van der Waals surface area contributed by atoms with Gasteiger partial charge in [-0.25, -0.2) is 8.42 Å². The van der Waals surface area contributed by atoms with Crippen LogP contribution in [0.3, 0.4) is 0 Å². The van der Waals surface area contributed by atoms with Crippen LogP contribution in [0.4, 0.5) is 5.69 Å². The Morgan fingerprint density at radius 2 is 2.12 bits per heavy atom. The van der Waals surface area contributed by atoms with Gasteiger partial charge >= 0.3 is 0 Å². The Hall–Kier alpha value is -2.19. The first-order valence-corrected chi connectivity index (χ1v) is 10.7. The molecule has 2 aromatic heterocycles. The minimum Gasteiger partial charge on any atom is -0.339 e. The molecule has 8 heteroatoms. The Bertz CT molecular complexity index is 1070. The summed E-state index contributed by atoms with van der Waals surface area (Å²) in [6, 6.07) is 9.21. The number of anilines is 1. The van der Waals surface area contributed by atoms with Crippen molar-refractivity contribution in [1.82, 2.24) is 10.1 Å². The fraction of sp³-hybridized carbons (Fsp3) is 0.333. The van der Waals surface area contributed by atoms with E-state index in [1.165, 1.54) is 15.6 Å². The molecule has 0 aliphatic carbocycles. The third kappa shape index (κ3) is 2.64. The van der Waals surface area contributed by atoms with Gasteiger partial charge in [-0.2, -0.15) is 4.98 Å². The van der Waals surface area contributed by atoms with Crippen molar-refractivity contribution in [2.75, 3.05) is 4.31 Å². The molecule has 1 unspecified atom stereocenters. The molecule has 3 heterocycles. The van der Waals surface area contributed by atoms with E-state index in [9.17, 15) is 8.42 Å². The van der Waals surface area contributed by atoms with Crippen LogP contribution >= 0.6 is 11.3 Å². The van der Waals surface area contributed by atoms with Crippen LogP contribution in [-0.2, 0) is 22.9 Å². The smallest absolute Gasteiger partial charge is 0.265 e. The minimum atomic E-state index is -3.66. The summed E-state index contributed by atoms with van der Waals surface area (Å²) in [4.78, 5) is 6.04. The molecule has 1 atom stereocenters. The van der Waals surface area contributed by atoms with Crippen LogP contribution in [0.2, 0.25) is 0 Å². The number of nitrogens with zero attached hydrogens (tertiary/aromatic N) is 3. The van der Waals surface area contributed by atoms with Gasteiger partial charge in [0.25, 0.3) is 10.0 Å². The predicted octanol–water partition coefficient (Wildman–Crippen LogP) is 3.81. The summed E-state index contributed by atoms with van der Waals surface area (Å²) in [6.45, 7) is 5.68. The summed E-state index contributed by atoms with van der Waals surface area (Å²) in [5.41, 5.74) is 1.82. The van der Waals surface area contributed by atoms with E-state index in [2.05, 4.69) is 10.1 Å². The maximum atomic E-state index is 13.4. The highest BCUT2D eigenvalue weighted by molar-refractivity contribution is 7.93. The van der Waals surface area contributed by atoms with Gasteiger partial charge in [-0.05, 0) is 38.0 Å². The molecule has 0 spiro atoms. The van der Waals surface area contributed by atoms with Crippen molar-refractivity contribution in [2.24, 2.45) is 0 Å². The number of hydrogen-bond acceptors (Lipinski definition) is 6. The van der Waals surface area contributed by atoms with Crippen molar-refractivity contribution in [3.63, 3.8) is 0 Å². The minimum absolute atomic E-state index is 0.114. The molecule has 1 aliphatic heterocycles. The number of para-hydroxylation sites is 1. The number of benzene rings is 1. The summed E-state index contributed by atoms with van der Waals surface area (Å²) in [5.74, 6) is 0.976. The van der Waals surface area contributed by atoms with E-state index in [-0.39, 0.29) is 6.04 Å². The number of aryl methyl sites for hydroxylation is 2.